The molecule has 0 bridgehead atoms. The molecule has 1 atom stereocenters. The highest BCUT2D eigenvalue weighted by Crippen LogP contribution is 2.33. The number of nitrogens with zero attached hydrogens (tertiary/aromatic N) is 4. The minimum Gasteiger partial charge on any atom is -0.493 e. The SMILES string of the molecule is COc1cc(C(Nc2ccc(C(=N)N)cc2)c2nn(-c3ncccn3)c(=O)[nH]2)cc2ccoc12. The van der Waals surface area contributed by atoms with E-state index in [1.54, 1.807) is 43.7 Å². The van der Waals surface area contributed by atoms with E-state index in [4.69, 9.17) is 20.3 Å². The van der Waals surface area contributed by atoms with Crippen LogP contribution in [0.15, 0.2) is 76.4 Å². The highest BCUT2D eigenvalue weighted by molar-refractivity contribution is 5.95. The van der Waals surface area contributed by atoms with Crippen molar-refractivity contribution >= 4 is 22.5 Å². The maximum Gasteiger partial charge on any atom is 0.350 e. The fourth-order valence-corrected chi connectivity index (χ4v) is 3.62. The Balaban J connectivity index is 1.62. The Morgan fingerprint density at radius 2 is 1.97 bits per heavy atom. The minimum absolute atomic E-state index is 0.0239. The van der Waals surface area contributed by atoms with E-state index in [-0.39, 0.29) is 11.8 Å². The molecule has 0 saturated heterocycles. The standard InChI is InChI=1S/C23H20N8O3/c1-33-17-12-15(11-14-7-10-34-19(14)17)18(28-16-5-3-13(4-6-16)20(24)25)21-29-23(32)31(30-21)22-26-8-2-9-27-22/h2-12,18,28H,1H3,(H3,24,25)(H,29,30,32). The fraction of sp³-hybridized carbons (Fsp3) is 0.0870. The Hall–Kier alpha value is -4.93. The normalized spacial score (nSPS) is 11.9. The van der Waals surface area contributed by atoms with Crippen LogP contribution in [0, 0.1) is 5.41 Å². The molecular weight excluding hydrogens is 436 g/mol. The number of nitrogens with two attached hydrogens (primary N) is 1. The monoisotopic (exact) mass is 456 g/mol. The molecule has 0 aliphatic carbocycles. The van der Waals surface area contributed by atoms with Gasteiger partial charge in [0.2, 0.25) is 0 Å². The molecule has 170 valence electrons. The van der Waals surface area contributed by atoms with Gasteiger partial charge in [-0.1, -0.05) is 0 Å². The summed E-state index contributed by atoms with van der Waals surface area (Å²) in [5, 5.41) is 16.3. The molecule has 11 heteroatoms. The molecule has 0 aliphatic heterocycles. The van der Waals surface area contributed by atoms with Crippen molar-refractivity contribution in [3.63, 3.8) is 0 Å². The highest BCUT2D eigenvalue weighted by Gasteiger charge is 2.23. The van der Waals surface area contributed by atoms with Gasteiger partial charge in [0.25, 0.3) is 5.95 Å². The number of ether oxygens (including phenoxy) is 1. The van der Waals surface area contributed by atoms with Crippen molar-refractivity contribution in [1.29, 1.82) is 5.41 Å². The van der Waals surface area contributed by atoms with Gasteiger partial charge in [0.05, 0.1) is 13.4 Å². The van der Waals surface area contributed by atoms with Crippen molar-refractivity contribution in [2.75, 3.05) is 12.4 Å². The third kappa shape index (κ3) is 3.86. The van der Waals surface area contributed by atoms with Crippen molar-refractivity contribution < 1.29 is 9.15 Å². The van der Waals surface area contributed by atoms with Gasteiger partial charge in [0.15, 0.2) is 17.2 Å². The molecule has 5 N–H and O–H groups in total. The van der Waals surface area contributed by atoms with E-state index in [0.717, 1.165) is 21.3 Å². The number of nitrogen functional groups attached to an aromatic ring is 1. The van der Waals surface area contributed by atoms with Gasteiger partial charge in [-0.25, -0.2) is 14.8 Å². The predicted molar refractivity (Wildman–Crippen MR) is 125 cm³/mol. The van der Waals surface area contributed by atoms with Crippen molar-refractivity contribution in [3.05, 3.63) is 94.6 Å². The summed E-state index contributed by atoms with van der Waals surface area (Å²) < 4.78 is 12.2. The summed E-state index contributed by atoms with van der Waals surface area (Å²) in [6, 6.07) is 13.7. The first kappa shape index (κ1) is 20.9. The van der Waals surface area contributed by atoms with Gasteiger partial charge >= 0.3 is 5.69 Å². The lowest BCUT2D eigenvalue weighted by Crippen LogP contribution is -2.18. The van der Waals surface area contributed by atoms with Crippen LogP contribution in [-0.4, -0.2) is 37.7 Å². The summed E-state index contributed by atoms with van der Waals surface area (Å²) in [5.41, 5.74) is 7.82. The molecule has 3 aromatic heterocycles. The molecule has 0 amide bonds. The van der Waals surface area contributed by atoms with E-state index in [1.807, 2.05) is 18.2 Å². The number of H-pyrrole nitrogens is 1. The Morgan fingerprint density at radius 3 is 2.68 bits per heavy atom. The van der Waals surface area contributed by atoms with Gasteiger partial charge in [-0.15, -0.1) is 9.78 Å². The maximum atomic E-state index is 12.7. The lowest BCUT2D eigenvalue weighted by Gasteiger charge is -2.19. The molecule has 0 aliphatic rings. The van der Waals surface area contributed by atoms with E-state index < -0.39 is 11.7 Å². The van der Waals surface area contributed by atoms with Gasteiger partial charge < -0.3 is 20.2 Å². The van der Waals surface area contributed by atoms with Crippen LogP contribution in [0.1, 0.15) is 23.0 Å². The lowest BCUT2D eigenvalue weighted by atomic mass is 10.0. The van der Waals surface area contributed by atoms with Crippen molar-refractivity contribution in [3.8, 4) is 11.7 Å². The van der Waals surface area contributed by atoms with Crippen LogP contribution in [0.3, 0.4) is 0 Å². The average Bonchev–Trinajstić information content (AvgIpc) is 3.49. The van der Waals surface area contributed by atoms with Gasteiger partial charge in [0, 0.05) is 29.0 Å². The minimum atomic E-state index is -0.575. The molecule has 5 aromatic rings. The van der Waals surface area contributed by atoms with E-state index in [2.05, 4.69) is 25.4 Å². The van der Waals surface area contributed by atoms with Crippen LogP contribution >= 0.6 is 0 Å². The van der Waals surface area contributed by atoms with Crippen LogP contribution in [-0.2, 0) is 0 Å². The number of furan rings is 1. The van der Waals surface area contributed by atoms with Gasteiger partial charge in [0.1, 0.15) is 11.9 Å². The third-order valence-corrected chi connectivity index (χ3v) is 5.25. The van der Waals surface area contributed by atoms with Crippen LogP contribution < -0.4 is 21.5 Å². The first-order valence-corrected chi connectivity index (χ1v) is 10.3. The molecule has 0 fully saturated rings. The summed E-state index contributed by atoms with van der Waals surface area (Å²) in [6.45, 7) is 0. The number of benzene rings is 2. The second kappa shape index (κ2) is 8.54. The zero-order chi connectivity index (χ0) is 23.7. The Morgan fingerprint density at radius 1 is 1.21 bits per heavy atom. The largest absolute Gasteiger partial charge is 0.493 e. The summed E-state index contributed by atoms with van der Waals surface area (Å²) in [5.74, 6) is 1.02. The number of anilines is 1. The zero-order valence-electron chi connectivity index (χ0n) is 18.0. The van der Waals surface area contributed by atoms with E-state index >= 15 is 0 Å². The third-order valence-electron chi connectivity index (χ3n) is 5.25. The molecule has 0 spiro atoms. The van der Waals surface area contributed by atoms with Gasteiger partial charge in [-0.3, -0.25) is 10.4 Å². The number of fused-ring (bicyclic) bond motifs is 1. The molecule has 0 radical (unpaired) electrons. The number of hydrogen-bond donors (Lipinski definition) is 4. The van der Waals surface area contributed by atoms with Crippen LogP contribution in [0.5, 0.6) is 5.75 Å². The number of methoxy groups -OCH3 is 1. The quantitative estimate of drug-likeness (QED) is 0.215. The van der Waals surface area contributed by atoms with E-state index in [9.17, 15) is 4.79 Å². The molecule has 3 heterocycles. The number of nitrogens with one attached hydrogen (secondary N) is 3. The first-order chi connectivity index (χ1) is 16.5. The van der Waals surface area contributed by atoms with Crippen molar-refractivity contribution in [2.45, 2.75) is 6.04 Å². The van der Waals surface area contributed by atoms with Crippen molar-refractivity contribution in [1.82, 2.24) is 24.7 Å². The van der Waals surface area contributed by atoms with E-state index in [0.29, 0.717) is 22.7 Å². The number of aromatic amines is 1. The Bertz CT molecular complexity index is 1520. The summed E-state index contributed by atoms with van der Waals surface area (Å²) in [4.78, 5) is 23.7. The smallest absolute Gasteiger partial charge is 0.350 e. The molecule has 0 saturated carbocycles. The zero-order valence-corrected chi connectivity index (χ0v) is 18.0. The van der Waals surface area contributed by atoms with Gasteiger partial charge in [-0.05, 0) is 54.1 Å². The number of aromatic nitrogens is 5. The first-order valence-electron chi connectivity index (χ1n) is 10.3. The summed E-state index contributed by atoms with van der Waals surface area (Å²) in [6.07, 6.45) is 4.66. The highest BCUT2D eigenvalue weighted by atomic mass is 16.5. The number of hydrogen-bond acceptors (Lipinski definition) is 8. The van der Waals surface area contributed by atoms with Crippen molar-refractivity contribution in [2.24, 2.45) is 5.73 Å². The molecule has 2 aromatic carbocycles. The predicted octanol–water partition coefficient (Wildman–Crippen LogP) is 2.59. The second-order valence-electron chi connectivity index (χ2n) is 7.41. The molecule has 11 nitrogen and oxygen atoms in total. The van der Waals surface area contributed by atoms with E-state index in [1.165, 1.54) is 12.4 Å². The number of amidine groups is 1. The molecule has 1 unspecified atom stereocenters. The molecule has 5 rings (SSSR count). The summed E-state index contributed by atoms with van der Waals surface area (Å²) >= 11 is 0. The van der Waals surface area contributed by atoms with Gasteiger partial charge in [-0.2, -0.15) is 0 Å². The maximum absolute atomic E-state index is 12.7. The summed E-state index contributed by atoms with van der Waals surface area (Å²) in [7, 11) is 1.56. The topological polar surface area (TPSA) is 161 Å². The lowest BCUT2D eigenvalue weighted by molar-refractivity contribution is 0.409. The fourth-order valence-electron chi connectivity index (χ4n) is 3.62. The average molecular weight is 456 g/mol. The van der Waals surface area contributed by atoms with Crippen LogP contribution in [0.2, 0.25) is 0 Å². The van der Waals surface area contributed by atoms with Crippen LogP contribution in [0.4, 0.5) is 5.69 Å². The molecular formula is C23H20N8O3. The van der Waals surface area contributed by atoms with Crippen LogP contribution in [0.25, 0.3) is 16.9 Å². The number of rotatable bonds is 7. The Labute approximate surface area is 192 Å². The Kier molecular flexibility index (Phi) is 5.26. The second-order valence-corrected chi connectivity index (χ2v) is 7.41. The molecule has 34 heavy (non-hydrogen) atoms.